The number of aromatic hydroxyl groups is 2. The highest BCUT2D eigenvalue weighted by atomic mass is 35.5. The summed E-state index contributed by atoms with van der Waals surface area (Å²) >= 11 is 6.18. The predicted octanol–water partition coefficient (Wildman–Crippen LogP) is 4.27. The second-order valence-corrected chi connectivity index (χ2v) is 9.28. The minimum absolute atomic E-state index is 0.238. The van der Waals surface area contributed by atoms with E-state index in [1.165, 1.54) is 23.7 Å². The number of benzene rings is 3. The summed E-state index contributed by atoms with van der Waals surface area (Å²) in [6, 6.07) is 18.9. The molecule has 0 spiro atoms. The summed E-state index contributed by atoms with van der Waals surface area (Å²) in [5.74, 6) is -0.503. The molecule has 3 N–H and O–H groups in total. The van der Waals surface area contributed by atoms with E-state index in [9.17, 15) is 19.8 Å². The molecule has 0 bridgehead atoms. The number of aryl methyl sites for hydroxylation is 1. The van der Waals surface area contributed by atoms with Crippen molar-refractivity contribution in [3.05, 3.63) is 104 Å². The van der Waals surface area contributed by atoms with E-state index in [-0.39, 0.29) is 11.5 Å². The van der Waals surface area contributed by atoms with Crippen LogP contribution in [-0.2, 0) is 14.1 Å². The predicted molar refractivity (Wildman–Crippen MR) is 139 cm³/mol. The molecule has 1 aliphatic rings. The Morgan fingerprint density at radius 2 is 1.61 bits per heavy atom. The molecule has 5 aromatic rings. The van der Waals surface area contributed by atoms with Gasteiger partial charge in [0.15, 0.2) is 11.5 Å². The van der Waals surface area contributed by atoms with E-state index in [2.05, 4.69) is 5.32 Å². The Morgan fingerprint density at radius 3 is 2.33 bits per heavy atom. The molecule has 1 atom stereocenters. The van der Waals surface area contributed by atoms with Crippen molar-refractivity contribution in [2.24, 2.45) is 14.1 Å². The van der Waals surface area contributed by atoms with Gasteiger partial charge in [0.1, 0.15) is 0 Å². The fourth-order valence-corrected chi connectivity index (χ4v) is 5.19. The van der Waals surface area contributed by atoms with Gasteiger partial charge in [-0.2, -0.15) is 0 Å². The summed E-state index contributed by atoms with van der Waals surface area (Å²) in [5.41, 5.74) is 3.94. The van der Waals surface area contributed by atoms with Crippen LogP contribution in [-0.4, -0.2) is 23.9 Å². The number of fused-ring (bicyclic) bond motifs is 5. The van der Waals surface area contributed by atoms with Gasteiger partial charge < -0.3 is 20.1 Å². The van der Waals surface area contributed by atoms with Crippen LogP contribution in [0, 0.1) is 0 Å². The van der Waals surface area contributed by atoms with Gasteiger partial charge in [0, 0.05) is 19.1 Å². The second-order valence-electron chi connectivity index (χ2n) is 8.85. The molecule has 180 valence electrons. The quantitative estimate of drug-likeness (QED) is 0.314. The molecule has 0 saturated carbocycles. The van der Waals surface area contributed by atoms with Gasteiger partial charge in [0.05, 0.1) is 39.7 Å². The molecular formula is C27H21ClN4O4. The molecule has 0 aliphatic carbocycles. The van der Waals surface area contributed by atoms with Gasteiger partial charge in [-0.05, 0) is 47.5 Å². The first-order chi connectivity index (χ1) is 17.3. The Balaban J connectivity index is 1.85. The van der Waals surface area contributed by atoms with Crippen LogP contribution in [0.1, 0.15) is 17.3 Å². The van der Waals surface area contributed by atoms with Crippen molar-refractivity contribution in [1.29, 1.82) is 0 Å². The fraction of sp³-hybridized carbons (Fsp3) is 0.111. The standard InChI is InChI=1S/C27H21ClN4O4/c1-30-24-21(26(35)31(2)27(30)36)23(14-7-10-16(28)11-8-14)32-18-6-4-3-5-17(18)29-22(25(24)32)15-9-12-19(33)20(34)13-15/h3-13,22,29,33-34H,1-2H3/t22-/m0/s1. The van der Waals surface area contributed by atoms with E-state index in [1.54, 1.807) is 25.2 Å². The van der Waals surface area contributed by atoms with E-state index in [1.807, 2.05) is 41.0 Å². The van der Waals surface area contributed by atoms with Crippen molar-refractivity contribution in [3.63, 3.8) is 0 Å². The largest absolute Gasteiger partial charge is 0.504 e. The molecule has 0 saturated heterocycles. The molecule has 0 amide bonds. The van der Waals surface area contributed by atoms with Gasteiger partial charge in [-0.1, -0.05) is 41.9 Å². The van der Waals surface area contributed by atoms with E-state index in [0.717, 1.165) is 21.5 Å². The summed E-state index contributed by atoms with van der Waals surface area (Å²) in [7, 11) is 3.11. The van der Waals surface area contributed by atoms with Gasteiger partial charge in [-0.25, -0.2) is 4.79 Å². The van der Waals surface area contributed by atoms with Crippen molar-refractivity contribution < 1.29 is 10.2 Å². The maximum absolute atomic E-state index is 13.7. The molecule has 2 aromatic heterocycles. The molecule has 3 aromatic carbocycles. The number of nitrogens with one attached hydrogen (secondary N) is 1. The van der Waals surface area contributed by atoms with Crippen LogP contribution in [0.25, 0.3) is 27.8 Å². The molecule has 3 heterocycles. The number of phenolic OH excluding ortho intramolecular Hbond substituents is 2. The summed E-state index contributed by atoms with van der Waals surface area (Å²) in [6.07, 6.45) is 0. The highest BCUT2D eigenvalue weighted by molar-refractivity contribution is 6.30. The Bertz CT molecular complexity index is 1820. The summed E-state index contributed by atoms with van der Waals surface area (Å²) in [5, 5.41) is 24.6. The fourth-order valence-electron chi connectivity index (χ4n) is 5.07. The Kier molecular flexibility index (Phi) is 4.77. The highest BCUT2D eigenvalue weighted by Gasteiger charge is 2.35. The van der Waals surface area contributed by atoms with Crippen molar-refractivity contribution in [3.8, 4) is 28.4 Å². The first-order valence-corrected chi connectivity index (χ1v) is 11.6. The van der Waals surface area contributed by atoms with Gasteiger partial charge in [-0.15, -0.1) is 0 Å². The van der Waals surface area contributed by atoms with Crippen LogP contribution >= 0.6 is 11.6 Å². The number of phenols is 2. The molecule has 0 fully saturated rings. The van der Waals surface area contributed by atoms with Crippen molar-refractivity contribution >= 4 is 28.2 Å². The lowest BCUT2D eigenvalue weighted by atomic mass is 9.99. The number of para-hydroxylation sites is 2. The third-order valence-corrected chi connectivity index (χ3v) is 7.03. The van der Waals surface area contributed by atoms with Crippen LogP contribution in [0.15, 0.2) is 76.3 Å². The second kappa shape index (κ2) is 7.79. The number of anilines is 1. The van der Waals surface area contributed by atoms with Crippen LogP contribution in [0.3, 0.4) is 0 Å². The zero-order valence-electron chi connectivity index (χ0n) is 19.4. The normalized spacial score (nSPS) is 14.4. The SMILES string of the molecule is Cn1c(=O)c2c(-c3ccc(Cl)cc3)n3c(c2n(C)c1=O)[C@H](c1ccc(O)c(O)c1)Nc1ccccc1-3. The van der Waals surface area contributed by atoms with Crippen LogP contribution < -0.4 is 16.6 Å². The minimum Gasteiger partial charge on any atom is -0.504 e. The topological polar surface area (TPSA) is 101 Å². The molecular weight excluding hydrogens is 480 g/mol. The first kappa shape index (κ1) is 22.1. The summed E-state index contributed by atoms with van der Waals surface area (Å²) in [4.78, 5) is 26.7. The Morgan fingerprint density at radius 1 is 0.889 bits per heavy atom. The first-order valence-electron chi connectivity index (χ1n) is 11.3. The average Bonchev–Trinajstić information content (AvgIpc) is 3.24. The van der Waals surface area contributed by atoms with E-state index < -0.39 is 17.3 Å². The third-order valence-electron chi connectivity index (χ3n) is 6.78. The van der Waals surface area contributed by atoms with Crippen LogP contribution in [0.2, 0.25) is 5.02 Å². The van der Waals surface area contributed by atoms with Crippen molar-refractivity contribution in [2.45, 2.75) is 6.04 Å². The van der Waals surface area contributed by atoms with Crippen molar-refractivity contribution in [2.75, 3.05) is 5.32 Å². The maximum atomic E-state index is 13.7. The number of halogens is 1. The summed E-state index contributed by atoms with van der Waals surface area (Å²) < 4.78 is 4.58. The highest BCUT2D eigenvalue weighted by Crippen LogP contribution is 2.46. The molecule has 8 nitrogen and oxygen atoms in total. The molecule has 0 unspecified atom stereocenters. The monoisotopic (exact) mass is 500 g/mol. The van der Waals surface area contributed by atoms with Crippen molar-refractivity contribution in [1.82, 2.24) is 13.7 Å². The molecule has 0 radical (unpaired) electrons. The lowest BCUT2D eigenvalue weighted by Crippen LogP contribution is -2.37. The molecule has 36 heavy (non-hydrogen) atoms. The molecule has 1 aliphatic heterocycles. The minimum atomic E-state index is -0.548. The molecule has 6 rings (SSSR count). The van der Waals surface area contributed by atoms with Crippen LogP contribution in [0.4, 0.5) is 5.69 Å². The van der Waals surface area contributed by atoms with Crippen LogP contribution in [0.5, 0.6) is 11.5 Å². The van der Waals surface area contributed by atoms with E-state index >= 15 is 0 Å². The number of nitrogens with zero attached hydrogens (tertiary/aromatic N) is 3. The lowest BCUT2D eigenvalue weighted by molar-refractivity contribution is 0.403. The zero-order valence-corrected chi connectivity index (χ0v) is 20.1. The average molecular weight is 501 g/mol. The van der Waals surface area contributed by atoms with Gasteiger partial charge in [0.2, 0.25) is 0 Å². The van der Waals surface area contributed by atoms with Gasteiger partial charge in [-0.3, -0.25) is 13.9 Å². The number of aromatic nitrogens is 3. The maximum Gasteiger partial charge on any atom is 0.331 e. The number of hydrogen-bond acceptors (Lipinski definition) is 5. The van der Waals surface area contributed by atoms with E-state index in [4.69, 9.17) is 11.6 Å². The van der Waals surface area contributed by atoms with E-state index in [0.29, 0.717) is 32.9 Å². The third kappa shape index (κ3) is 3.01. The Hall–Kier alpha value is -4.43. The van der Waals surface area contributed by atoms with Gasteiger partial charge >= 0.3 is 5.69 Å². The number of rotatable bonds is 2. The smallest absolute Gasteiger partial charge is 0.331 e. The Labute approximate surface area is 209 Å². The molecule has 9 heteroatoms. The summed E-state index contributed by atoms with van der Waals surface area (Å²) in [6.45, 7) is 0. The number of hydrogen-bond donors (Lipinski definition) is 3. The zero-order chi connectivity index (χ0) is 25.3. The van der Waals surface area contributed by atoms with Gasteiger partial charge in [0.25, 0.3) is 5.56 Å². The lowest BCUT2D eigenvalue weighted by Gasteiger charge is -2.31.